The highest BCUT2D eigenvalue weighted by Gasteiger charge is 2.24. The molecule has 1 aliphatic rings. The Labute approximate surface area is 71.5 Å². The molecule has 0 aromatic carbocycles. The summed E-state index contributed by atoms with van der Waals surface area (Å²) in [5.41, 5.74) is 0. The van der Waals surface area contributed by atoms with Gasteiger partial charge >= 0.3 is 0 Å². The van der Waals surface area contributed by atoms with Crippen molar-refractivity contribution in [2.24, 2.45) is 0 Å². The quantitative estimate of drug-likeness (QED) is 0.615. The molecule has 0 aromatic rings. The van der Waals surface area contributed by atoms with E-state index in [1.165, 1.54) is 19.3 Å². The second kappa shape index (κ2) is 4.52. The zero-order valence-electron chi connectivity index (χ0n) is 6.50. The molecule has 0 spiro atoms. The summed E-state index contributed by atoms with van der Waals surface area (Å²) < 4.78 is 5.03. The van der Waals surface area contributed by atoms with Crippen molar-refractivity contribution in [2.75, 3.05) is 13.4 Å². The van der Waals surface area contributed by atoms with Crippen LogP contribution in [-0.4, -0.2) is 23.9 Å². The van der Waals surface area contributed by atoms with Crippen LogP contribution in [0.15, 0.2) is 0 Å². The molecule has 1 fully saturated rings. The monoisotopic (exact) mass is 178 g/mol. The minimum absolute atomic E-state index is 0.766. The second-order valence-electron chi connectivity index (χ2n) is 2.56. The molecule has 1 rings (SSSR count). The van der Waals surface area contributed by atoms with Crippen LogP contribution in [0, 0.1) is 0 Å². The van der Waals surface area contributed by atoms with Crippen LogP contribution in [-0.2, 0) is 4.18 Å². The highest BCUT2D eigenvalue weighted by Crippen LogP contribution is 2.35. The Morgan fingerprint density at radius 2 is 2.00 bits per heavy atom. The Hall–Kier alpha value is 0.660. The van der Waals surface area contributed by atoms with Crippen molar-refractivity contribution in [3.63, 3.8) is 0 Å². The molecule has 0 aromatic heterocycles. The van der Waals surface area contributed by atoms with Gasteiger partial charge in [-0.05, 0) is 37.6 Å². The van der Waals surface area contributed by atoms with Gasteiger partial charge in [-0.25, -0.2) is 0 Å². The molecule has 0 aliphatic heterocycles. The lowest BCUT2D eigenvalue weighted by Crippen LogP contribution is -1.98. The molecule has 1 nitrogen and oxygen atoms in total. The lowest BCUT2D eigenvalue weighted by molar-refractivity contribution is 0.483. The largest absolute Gasteiger partial charge is 0.318 e. The summed E-state index contributed by atoms with van der Waals surface area (Å²) in [7, 11) is 1.76. The van der Waals surface area contributed by atoms with Crippen molar-refractivity contribution in [3.05, 3.63) is 0 Å². The van der Waals surface area contributed by atoms with Crippen LogP contribution >= 0.6 is 23.8 Å². The fraction of sp³-hybridized carbons (Fsp3) is 1.00. The molecule has 3 heteroatoms. The molecule has 1 aliphatic carbocycles. The highest BCUT2D eigenvalue weighted by molar-refractivity contribution is 7.99. The molecule has 10 heavy (non-hydrogen) atoms. The van der Waals surface area contributed by atoms with Crippen LogP contribution in [0.1, 0.15) is 19.3 Å². The summed E-state index contributed by atoms with van der Waals surface area (Å²) in [6.45, 7) is 0. The van der Waals surface area contributed by atoms with Crippen LogP contribution in [0.3, 0.4) is 0 Å². The lowest BCUT2D eigenvalue weighted by atomic mass is 10.4. The normalized spacial score (nSPS) is 33.0. The number of thioether (sulfide) groups is 1. The molecular weight excluding hydrogens is 164 g/mol. The maximum Gasteiger partial charge on any atom is 0.0503 e. The van der Waals surface area contributed by atoms with E-state index in [0.29, 0.717) is 0 Å². The fourth-order valence-electron chi connectivity index (χ4n) is 1.34. The molecule has 1 saturated carbocycles. The molecular formula is C7H14OS2. The number of rotatable bonds is 3. The SMILES string of the molecule is COSC1CCC(SC)C1. The first-order valence-electron chi connectivity index (χ1n) is 3.59. The van der Waals surface area contributed by atoms with Crippen molar-refractivity contribution in [1.82, 2.24) is 0 Å². The molecule has 0 N–H and O–H groups in total. The fourth-order valence-corrected chi connectivity index (χ4v) is 3.07. The van der Waals surface area contributed by atoms with E-state index in [-0.39, 0.29) is 0 Å². The Kier molecular flexibility index (Phi) is 3.96. The van der Waals surface area contributed by atoms with Crippen LogP contribution in [0.2, 0.25) is 0 Å². The smallest absolute Gasteiger partial charge is 0.0503 e. The highest BCUT2D eigenvalue weighted by atomic mass is 32.2. The van der Waals surface area contributed by atoms with Gasteiger partial charge in [0.15, 0.2) is 0 Å². The van der Waals surface area contributed by atoms with E-state index >= 15 is 0 Å². The van der Waals surface area contributed by atoms with Gasteiger partial charge in [0.25, 0.3) is 0 Å². The minimum Gasteiger partial charge on any atom is -0.318 e. The van der Waals surface area contributed by atoms with Gasteiger partial charge in [0.2, 0.25) is 0 Å². The van der Waals surface area contributed by atoms with Crippen molar-refractivity contribution in [3.8, 4) is 0 Å². The van der Waals surface area contributed by atoms with Crippen LogP contribution in [0.25, 0.3) is 0 Å². The molecule has 0 saturated heterocycles. The Balaban J connectivity index is 2.15. The summed E-state index contributed by atoms with van der Waals surface area (Å²) in [6.07, 6.45) is 6.25. The molecule has 0 heterocycles. The minimum atomic E-state index is 0.766. The van der Waals surface area contributed by atoms with E-state index in [1.54, 1.807) is 19.2 Å². The molecule has 60 valence electrons. The Morgan fingerprint density at radius 1 is 1.30 bits per heavy atom. The maximum atomic E-state index is 5.03. The first-order chi connectivity index (χ1) is 4.86. The van der Waals surface area contributed by atoms with Crippen molar-refractivity contribution < 1.29 is 4.18 Å². The third kappa shape index (κ3) is 2.36. The predicted octanol–water partition coefficient (Wildman–Crippen LogP) is 2.57. The van der Waals surface area contributed by atoms with E-state index in [9.17, 15) is 0 Å². The Morgan fingerprint density at radius 3 is 2.50 bits per heavy atom. The average molecular weight is 178 g/mol. The van der Waals surface area contributed by atoms with Crippen LogP contribution in [0.4, 0.5) is 0 Å². The summed E-state index contributed by atoms with van der Waals surface area (Å²) in [5.74, 6) is 0. The Bertz CT molecular complexity index is 97.6. The summed E-state index contributed by atoms with van der Waals surface area (Å²) in [4.78, 5) is 0. The van der Waals surface area contributed by atoms with Gasteiger partial charge in [0.1, 0.15) is 0 Å². The summed E-state index contributed by atoms with van der Waals surface area (Å²) in [6, 6.07) is 0. The second-order valence-corrected chi connectivity index (χ2v) is 4.89. The van der Waals surface area contributed by atoms with Crippen molar-refractivity contribution in [2.45, 2.75) is 29.8 Å². The first-order valence-corrected chi connectivity index (χ1v) is 5.68. The van der Waals surface area contributed by atoms with Crippen molar-refractivity contribution in [1.29, 1.82) is 0 Å². The maximum absolute atomic E-state index is 5.03. The summed E-state index contributed by atoms with van der Waals surface area (Å²) >= 11 is 3.64. The molecule has 2 unspecified atom stereocenters. The third-order valence-electron chi connectivity index (χ3n) is 1.90. The van der Waals surface area contributed by atoms with E-state index in [2.05, 4.69) is 6.26 Å². The zero-order valence-corrected chi connectivity index (χ0v) is 8.13. The first kappa shape index (κ1) is 8.75. The van der Waals surface area contributed by atoms with E-state index in [4.69, 9.17) is 4.18 Å². The number of hydrogen-bond acceptors (Lipinski definition) is 3. The molecule has 0 amide bonds. The van der Waals surface area contributed by atoms with Crippen molar-refractivity contribution >= 4 is 23.8 Å². The standard InChI is InChI=1S/C7H14OS2/c1-8-10-7-4-3-6(5-7)9-2/h6-7H,3-5H2,1-2H3. The number of hydrogen-bond donors (Lipinski definition) is 0. The molecule has 0 bridgehead atoms. The van der Waals surface area contributed by atoms with Gasteiger partial charge in [-0.15, -0.1) is 0 Å². The van der Waals surface area contributed by atoms with Crippen LogP contribution < -0.4 is 0 Å². The van der Waals surface area contributed by atoms with Gasteiger partial charge in [0.05, 0.1) is 7.11 Å². The van der Waals surface area contributed by atoms with Gasteiger partial charge < -0.3 is 4.18 Å². The van der Waals surface area contributed by atoms with E-state index < -0.39 is 0 Å². The predicted molar refractivity (Wildman–Crippen MR) is 49.5 cm³/mol. The van der Waals surface area contributed by atoms with E-state index in [0.717, 1.165) is 10.5 Å². The zero-order chi connectivity index (χ0) is 7.40. The van der Waals surface area contributed by atoms with E-state index in [1.807, 2.05) is 11.8 Å². The topological polar surface area (TPSA) is 9.23 Å². The summed E-state index contributed by atoms with van der Waals surface area (Å²) in [5, 5.41) is 1.66. The van der Waals surface area contributed by atoms with Gasteiger partial charge in [0, 0.05) is 10.5 Å². The lowest BCUT2D eigenvalue weighted by Gasteiger charge is -2.05. The van der Waals surface area contributed by atoms with Crippen LogP contribution in [0.5, 0.6) is 0 Å². The molecule has 2 atom stereocenters. The van der Waals surface area contributed by atoms with Gasteiger partial charge in [-0.2, -0.15) is 11.8 Å². The average Bonchev–Trinajstić information content (AvgIpc) is 2.37. The molecule has 0 radical (unpaired) electrons. The van der Waals surface area contributed by atoms with Gasteiger partial charge in [-0.1, -0.05) is 0 Å². The van der Waals surface area contributed by atoms with Gasteiger partial charge in [-0.3, -0.25) is 0 Å². The third-order valence-corrected chi connectivity index (χ3v) is 3.89.